The van der Waals surface area contributed by atoms with E-state index in [4.69, 9.17) is 15.4 Å². The van der Waals surface area contributed by atoms with E-state index in [1.807, 2.05) is 0 Å². The Morgan fingerprint density at radius 1 is 1.53 bits per heavy atom. The van der Waals surface area contributed by atoms with E-state index in [1.54, 1.807) is 18.2 Å². The average Bonchev–Trinajstić information content (AvgIpc) is 2.64. The number of carboxylic acid groups (broad SMARTS) is 1. The molecule has 1 heterocycles. The summed E-state index contributed by atoms with van der Waals surface area (Å²) in [4.78, 5) is 24.8. The summed E-state index contributed by atoms with van der Waals surface area (Å²) >= 11 is 0. The lowest BCUT2D eigenvalue weighted by atomic mass is 10.0. The van der Waals surface area contributed by atoms with E-state index in [0.717, 1.165) is 0 Å². The Morgan fingerprint density at radius 3 is 2.88 bits per heavy atom. The summed E-state index contributed by atoms with van der Waals surface area (Å²) < 4.78 is 4.92. The van der Waals surface area contributed by atoms with Gasteiger partial charge in [-0.1, -0.05) is 23.3 Å². The number of hydrogen-bond acceptors (Lipinski definition) is 4. The Labute approximate surface area is 95.2 Å². The number of esters is 1. The molecule has 7 heteroatoms. The number of benzene rings is 1. The van der Waals surface area contributed by atoms with Crippen LogP contribution in [0.25, 0.3) is 10.4 Å². The maximum atomic E-state index is 11.5. The van der Waals surface area contributed by atoms with E-state index in [9.17, 15) is 9.59 Å². The fourth-order valence-electron chi connectivity index (χ4n) is 1.70. The normalized spacial score (nSPS) is 18.8. The highest BCUT2D eigenvalue weighted by molar-refractivity contribution is 5.95. The summed E-state index contributed by atoms with van der Waals surface area (Å²) in [5.41, 5.74) is 9.05. The molecule has 7 nitrogen and oxygen atoms in total. The van der Waals surface area contributed by atoms with E-state index in [1.165, 1.54) is 6.07 Å². The van der Waals surface area contributed by atoms with Gasteiger partial charge in [0.25, 0.3) is 0 Å². The monoisotopic (exact) mass is 233 g/mol. The first-order valence-electron chi connectivity index (χ1n) is 4.72. The highest BCUT2D eigenvalue weighted by atomic mass is 16.6. The van der Waals surface area contributed by atoms with E-state index >= 15 is 0 Å². The van der Waals surface area contributed by atoms with Gasteiger partial charge in [-0.15, -0.1) is 0 Å². The van der Waals surface area contributed by atoms with Crippen LogP contribution in [0.4, 0.5) is 0 Å². The topological polar surface area (TPSA) is 112 Å². The van der Waals surface area contributed by atoms with Crippen molar-refractivity contribution in [2.45, 2.75) is 12.1 Å². The number of carbonyl (C=O) groups is 2. The number of rotatable bonds is 3. The summed E-state index contributed by atoms with van der Waals surface area (Å²) in [5.74, 6) is -1.94. The zero-order chi connectivity index (χ0) is 12.4. The van der Waals surface area contributed by atoms with Crippen LogP contribution in [-0.2, 0) is 9.53 Å². The standard InChI is InChI=1S/C10H7N3O4/c11-13-12-7(9(14)15)8-5-3-1-2-4-6(5)10(16)17-8/h1-4,7-8H,(H,14,15). The molecule has 2 unspecified atom stereocenters. The van der Waals surface area contributed by atoms with Crippen LogP contribution in [0.5, 0.6) is 0 Å². The van der Waals surface area contributed by atoms with Gasteiger partial charge in [0.05, 0.1) is 5.56 Å². The van der Waals surface area contributed by atoms with Gasteiger partial charge >= 0.3 is 11.9 Å². The molecule has 1 N–H and O–H groups in total. The lowest BCUT2D eigenvalue weighted by Crippen LogP contribution is -2.25. The smallest absolute Gasteiger partial charge is 0.339 e. The van der Waals surface area contributed by atoms with Crippen molar-refractivity contribution in [3.63, 3.8) is 0 Å². The molecule has 17 heavy (non-hydrogen) atoms. The number of nitrogens with zero attached hydrogens (tertiary/aromatic N) is 3. The van der Waals surface area contributed by atoms with E-state index in [-0.39, 0.29) is 0 Å². The van der Waals surface area contributed by atoms with Gasteiger partial charge in [0.1, 0.15) is 6.10 Å². The van der Waals surface area contributed by atoms with Crippen molar-refractivity contribution >= 4 is 11.9 Å². The predicted molar refractivity (Wildman–Crippen MR) is 55.2 cm³/mol. The second-order valence-electron chi connectivity index (χ2n) is 3.40. The number of aliphatic carboxylic acids is 1. The molecule has 0 fully saturated rings. The third-order valence-corrected chi connectivity index (χ3v) is 2.44. The second-order valence-corrected chi connectivity index (χ2v) is 3.40. The molecule has 0 amide bonds. The fraction of sp³-hybridized carbons (Fsp3) is 0.200. The van der Waals surface area contributed by atoms with Crippen molar-refractivity contribution in [3.05, 3.63) is 45.8 Å². The van der Waals surface area contributed by atoms with Crippen LogP contribution >= 0.6 is 0 Å². The van der Waals surface area contributed by atoms with Crippen molar-refractivity contribution in [1.29, 1.82) is 0 Å². The Balaban J connectivity index is 2.45. The minimum atomic E-state index is -1.45. The summed E-state index contributed by atoms with van der Waals surface area (Å²) in [7, 11) is 0. The van der Waals surface area contributed by atoms with E-state index in [2.05, 4.69) is 10.0 Å². The van der Waals surface area contributed by atoms with Crippen LogP contribution < -0.4 is 0 Å². The molecule has 2 rings (SSSR count). The van der Waals surface area contributed by atoms with Gasteiger partial charge in [0.2, 0.25) is 0 Å². The lowest BCUT2D eigenvalue weighted by Gasteiger charge is -2.14. The lowest BCUT2D eigenvalue weighted by molar-refractivity contribution is -0.141. The first-order valence-corrected chi connectivity index (χ1v) is 4.72. The van der Waals surface area contributed by atoms with Crippen molar-refractivity contribution in [2.24, 2.45) is 5.11 Å². The van der Waals surface area contributed by atoms with Crippen LogP contribution in [-0.4, -0.2) is 23.1 Å². The van der Waals surface area contributed by atoms with Crippen molar-refractivity contribution in [2.75, 3.05) is 0 Å². The van der Waals surface area contributed by atoms with Crippen molar-refractivity contribution < 1.29 is 19.4 Å². The zero-order valence-electron chi connectivity index (χ0n) is 8.48. The molecule has 0 spiro atoms. The third kappa shape index (κ3) is 1.79. The molecule has 0 radical (unpaired) electrons. The fourth-order valence-corrected chi connectivity index (χ4v) is 1.70. The first-order chi connectivity index (χ1) is 8.15. The Bertz CT molecular complexity index is 534. The summed E-state index contributed by atoms with van der Waals surface area (Å²) in [5, 5.41) is 12.1. The van der Waals surface area contributed by atoms with Crippen LogP contribution in [0.15, 0.2) is 29.4 Å². The zero-order valence-corrected chi connectivity index (χ0v) is 8.48. The number of azide groups is 1. The van der Waals surface area contributed by atoms with Crippen LogP contribution in [0.1, 0.15) is 22.0 Å². The second kappa shape index (κ2) is 4.15. The predicted octanol–water partition coefficient (Wildman–Crippen LogP) is 1.66. The van der Waals surface area contributed by atoms with Gasteiger partial charge in [-0.2, -0.15) is 0 Å². The van der Waals surface area contributed by atoms with Gasteiger partial charge in [-0.3, -0.25) is 4.79 Å². The molecule has 0 saturated carbocycles. The molecule has 2 atom stereocenters. The molecule has 1 aromatic carbocycles. The largest absolute Gasteiger partial charge is 0.481 e. The molecule has 0 saturated heterocycles. The molecule has 0 aromatic heterocycles. The SMILES string of the molecule is [N-]=[N+]=NC(C(=O)O)C1OC(=O)c2ccccc21. The number of fused-ring (bicyclic) bond motifs is 1. The van der Waals surface area contributed by atoms with Crippen LogP contribution in [0, 0.1) is 0 Å². The average molecular weight is 233 g/mol. The number of carbonyl (C=O) groups excluding carboxylic acids is 1. The van der Waals surface area contributed by atoms with Gasteiger partial charge in [0, 0.05) is 10.5 Å². The number of hydrogen-bond donors (Lipinski definition) is 1. The van der Waals surface area contributed by atoms with Gasteiger partial charge in [0.15, 0.2) is 6.04 Å². The number of cyclic esters (lactones) is 1. The molecule has 1 aromatic rings. The maximum Gasteiger partial charge on any atom is 0.339 e. The molecular weight excluding hydrogens is 226 g/mol. The highest BCUT2D eigenvalue weighted by Crippen LogP contribution is 2.34. The summed E-state index contributed by atoms with van der Waals surface area (Å²) in [6.07, 6.45) is -1.06. The maximum absolute atomic E-state index is 11.5. The number of carboxylic acids is 1. The third-order valence-electron chi connectivity index (χ3n) is 2.44. The first kappa shape index (κ1) is 11.0. The minimum Gasteiger partial charge on any atom is -0.481 e. The summed E-state index contributed by atoms with van der Waals surface area (Å²) in [6, 6.07) is 4.96. The summed E-state index contributed by atoms with van der Waals surface area (Å²) in [6.45, 7) is 0. The molecule has 1 aliphatic rings. The molecule has 0 aliphatic carbocycles. The molecule has 0 bridgehead atoms. The Hall–Kier alpha value is -2.53. The van der Waals surface area contributed by atoms with E-state index in [0.29, 0.717) is 11.1 Å². The van der Waals surface area contributed by atoms with E-state index < -0.39 is 24.1 Å². The Morgan fingerprint density at radius 2 is 2.24 bits per heavy atom. The molecular formula is C10H7N3O4. The van der Waals surface area contributed by atoms with Crippen LogP contribution in [0.3, 0.4) is 0 Å². The van der Waals surface area contributed by atoms with Gasteiger partial charge < -0.3 is 9.84 Å². The van der Waals surface area contributed by atoms with Crippen molar-refractivity contribution in [1.82, 2.24) is 0 Å². The quantitative estimate of drug-likeness (QED) is 0.370. The Kier molecular flexibility index (Phi) is 2.68. The van der Waals surface area contributed by atoms with Crippen molar-refractivity contribution in [3.8, 4) is 0 Å². The van der Waals surface area contributed by atoms with Gasteiger partial charge in [-0.05, 0) is 11.6 Å². The molecule has 1 aliphatic heterocycles. The number of ether oxygens (including phenoxy) is 1. The highest BCUT2D eigenvalue weighted by Gasteiger charge is 2.39. The van der Waals surface area contributed by atoms with Crippen LogP contribution in [0.2, 0.25) is 0 Å². The minimum absolute atomic E-state index is 0.303. The molecule has 86 valence electrons. The van der Waals surface area contributed by atoms with Gasteiger partial charge in [-0.25, -0.2) is 4.79 Å².